The Morgan fingerprint density at radius 2 is 1.89 bits per heavy atom. The van der Waals surface area contributed by atoms with Crippen molar-refractivity contribution >= 4 is 39.2 Å². The van der Waals surface area contributed by atoms with Crippen LogP contribution >= 0.6 is 27.5 Å². The first-order chi connectivity index (χ1) is 9.06. The highest BCUT2D eigenvalue weighted by Crippen LogP contribution is 2.24. The lowest BCUT2D eigenvalue weighted by Crippen LogP contribution is -2.01. The third kappa shape index (κ3) is 3.72. The fraction of sp³-hybridized carbons (Fsp3) is 0.0714. The van der Waals surface area contributed by atoms with Crippen molar-refractivity contribution < 1.29 is 9.90 Å². The van der Waals surface area contributed by atoms with Crippen LogP contribution in [-0.2, 0) is 6.54 Å². The van der Waals surface area contributed by atoms with Gasteiger partial charge in [-0.3, -0.25) is 0 Å². The first kappa shape index (κ1) is 13.9. The molecule has 0 fully saturated rings. The standard InChI is InChI=1S/C14H11BrClNO2/c15-11-4-1-9(2-5-11)8-17-13-6-3-10(14(18)19)7-12(13)16/h1-7,17H,8H2,(H,18,19). The van der Waals surface area contributed by atoms with Gasteiger partial charge in [-0.1, -0.05) is 39.7 Å². The molecule has 0 aliphatic heterocycles. The van der Waals surface area contributed by atoms with Crippen LogP contribution in [0.2, 0.25) is 5.02 Å². The van der Waals surface area contributed by atoms with E-state index in [9.17, 15) is 4.79 Å². The van der Waals surface area contributed by atoms with E-state index in [4.69, 9.17) is 16.7 Å². The topological polar surface area (TPSA) is 49.3 Å². The first-order valence-electron chi connectivity index (χ1n) is 5.57. The Morgan fingerprint density at radius 3 is 2.47 bits per heavy atom. The van der Waals surface area contributed by atoms with E-state index in [2.05, 4.69) is 21.2 Å². The summed E-state index contributed by atoms with van der Waals surface area (Å²) in [6.07, 6.45) is 0. The van der Waals surface area contributed by atoms with Gasteiger partial charge in [0.25, 0.3) is 0 Å². The Kier molecular flexibility index (Phi) is 4.45. The van der Waals surface area contributed by atoms with Gasteiger partial charge in [0.1, 0.15) is 0 Å². The molecule has 0 aromatic heterocycles. The molecule has 0 saturated carbocycles. The van der Waals surface area contributed by atoms with Gasteiger partial charge >= 0.3 is 5.97 Å². The van der Waals surface area contributed by atoms with Gasteiger partial charge in [-0.05, 0) is 35.9 Å². The van der Waals surface area contributed by atoms with Crippen LogP contribution in [0.5, 0.6) is 0 Å². The molecule has 0 aliphatic carbocycles. The fourth-order valence-corrected chi connectivity index (χ4v) is 2.10. The molecule has 0 saturated heterocycles. The summed E-state index contributed by atoms with van der Waals surface area (Å²) < 4.78 is 1.03. The first-order valence-corrected chi connectivity index (χ1v) is 6.74. The van der Waals surface area contributed by atoms with Crippen LogP contribution in [0, 0.1) is 0 Å². The van der Waals surface area contributed by atoms with Crippen molar-refractivity contribution in [1.29, 1.82) is 0 Å². The molecule has 2 aromatic rings. The van der Waals surface area contributed by atoms with Gasteiger partial charge in [-0.2, -0.15) is 0 Å². The van der Waals surface area contributed by atoms with Crippen molar-refractivity contribution in [3.63, 3.8) is 0 Å². The highest BCUT2D eigenvalue weighted by Gasteiger charge is 2.06. The van der Waals surface area contributed by atoms with Gasteiger partial charge in [0, 0.05) is 11.0 Å². The molecule has 5 heteroatoms. The Hall–Kier alpha value is -1.52. The maximum atomic E-state index is 10.8. The average Bonchev–Trinajstić information content (AvgIpc) is 2.39. The molecule has 98 valence electrons. The minimum absolute atomic E-state index is 0.180. The summed E-state index contributed by atoms with van der Waals surface area (Å²) in [6, 6.07) is 12.6. The predicted octanol–water partition coefficient (Wildman–Crippen LogP) is 4.41. The van der Waals surface area contributed by atoms with Crippen LogP contribution in [0.15, 0.2) is 46.9 Å². The number of carbonyl (C=O) groups is 1. The summed E-state index contributed by atoms with van der Waals surface area (Å²) in [4.78, 5) is 10.8. The number of nitrogens with one attached hydrogen (secondary N) is 1. The van der Waals surface area contributed by atoms with Gasteiger partial charge in [-0.25, -0.2) is 4.79 Å². The quantitative estimate of drug-likeness (QED) is 0.866. The lowest BCUT2D eigenvalue weighted by molar-refractivity contribution is 0.0697. The lowest BCUT2D eigenvalue weighted by atomic mass is 10.2. The van der Waals surface area contributed by atoms with E-state index >= 15 is 0 Å². The molecule has 0 atom stereocenters. The molecule has 19 heavy (non-hydrogen) atoms. The van der Waals surface area contributed by atoms with Crippen LogP contribution in [-0.4, -0.2) is 11.1 Å². The zero-order chi connectivity index (χ0) is 13.8. The van der Waals surface area contributed by atoms with E-state index in [1.165, 1.54) is 12.1 Å². The number of anilines is 1. The van der Waals surface area contributed by atoms with E-state index in [1.807, 2.05) is 24.3 Å². The number of carboxylic acid groups (broad SMARTS) is 1. The van der Waals surface area contributed by atoms with Gasteiger partial charge < -0.3 is 10.4 Å². The molecule has 0 amide bonds. The molecule has 0 spiro atoms. The molecule has 0 bridgehead atoms. The number of benzene rings is 2. The number of carboxylic acids is 1. The maximum absolute atomic E-state index is 10.8. The SMILES string of the molecule is O=C(O)c1ccc(NCc2ccc(Br)cc2)c(Cl)c1. The minimum atomic E-state index is -0.985. The average molecular weight is 341 g/mol. The number of rotatable bonds is 4. The summed E-state index contributed by atoms with van der Waals surface area (Å²) in [5.41, 5.74) is 2.01. The lowest BCUT2D eigenvalue weighted by Gasteiger charge is -2.09. The Labute approximate surface area is 124 Å². The molecule has 0 aliphatic rings. The van der Waals surface area contributed by atoms with Crippen molar-refractivity contribution in [3.05, 3.63) is 63.1 Å². The van der Waals surface area contributed by atoms with Gasteiger partial charge in [0.15, 0.2) is 0 Å². The van der Waals surface area contributed by atoms with E-state index in [-0.39, 0.29) is 5.56 Å². The van der Waals surface area contributed by atoms with E-state index < -0.39 is 5.97 Å². The summed E-state index contributed by atoms with van der Waals surface area (Å²) in [7, 11) is 0. The molecule has 0 heterocycles. The van der Waals surface area contributed by atoms with E-state index in [0.717, 1.165) is 15.7 Å². The zero-order valence-electron chi connectivity index (χ0n) is 9.86. The van der Waals surface area contributed by atoms with Gasteiger partial charge in [0.2, 0.25) is 0 Å². The van der Waals surface area contributed by atoms with Crippen molar-refractivity contribution in [2.75, 3.05) is 5.32 Å². The van der Waals surface area contributed by atoms with E-state index in [1.54, 1.807) is 6.07 Å². The second-order valence-corrected chi connectivity index (χ2v) is 5.30. The fourth-order valence-electron chi connectivity index (χ4n) is 1.59. The molecular weight excluding hydrogens is 330 g/mol. The Balaban J connectivity index is 2.07. The van der Waals surface area contributed by atoms with Crippen LogP contribution in [0.1, 0.15) is 15.9 Å². The van der Waals surface area contributed by atoms with E-state index in [0.29, 0.717) is 11.6 Å². The van der Waals surface area contributed by atoms with Crippen molar-refractivity contribution in [2.45, 2.75) is 6.54 Å². The number of halogens is 2. The van der Waals surface area contributed by atoms with Crippen molar-refractivity contribution in [3.8, 4) is 0 Å². The summed E-state index contributed by atoms with van der Waals surface area (Å²) in [5.74, 6) is -0.985. The summed E-state index contributed by atoms with van der Waals surface area (Å²) >= 11 is 9.41. The second-order valence-electron chi connectivity index (χ2n) is 3.98. The Bertz CT molecular complexity index is 599. The van der Waals surface area contributed by atoms with Gasteiger partial charge in [0.05, 0.1) is 16.3 Å². The zero-order valence-corrected chi connectivity index (χ0v) is 12.2. The summed E-state index contributed by atoms with van der Waals surface area (Å²) in [6.45, 7) is 0.624. The molecule has 2 N–H and O–H groups in total. The van der Waals surface area contributed by atoms with Crippen LogP contribution in [0.4, 0.5) is 5.69 Å². The van der Waals surface area contributed by atoms with Crippen molar-refractivity contribution in [2.24, 2.45) is 0 Å². The minimum Gasteiger partial charge on any atom is -0.478 e. The van der Waals surface area contributed by atoms with Crippen LogP contribution < -0.4 is 5.32 Å². The largest absolute Gasteiger partial charge is 0.478 e. The molecule has 2 aromatic carbocycles. The molecule has 3 nitrogen and oxygen atoms in total. The molecular formula is C14H11BrClNO2. The van der Waals surface area contributed by atoms with Crippen LogP contribution in [0.25, 0.3) is 0 Å². The Morgan fingerprint density at radius 1 is 1.21 bits per heavy atom. The maximum Gasteiger partial charge on any atom is 0.335 e. The molecule has 0 unspecified atom stereocenters. The second kappa shape index (κ2) is 6.08. The molecule has 2 rings (SSSR count). The van der Waals surface area contributed by atoms with Crippen molar-refractivity contribution in [1.82, 2.24) is 0 Å². The highest BCUT2D eigenvalue weighted by atomic mass is 79.9. The third-order valence-corrected chi connectivity index (χ3v) is 3.45. The highest BCUT2D eigenvalue weighted by molar-refractivity contribution is 9.10. The monoisotopic (exact) mass is 339 g/mol. The number of hydrogen-bond donors (Lipinski definition) is 2. The smallest absolute Gasteiger partial charge is 0.335 e. The summed E-state index contributed by atoms with van der Waals surface area (Å²) in [5, 5.41) is 12.4. The predicted molar refractivity (Wildman–Crippen MR) is 79.9 cm³/mol. The van der Waals surface area contributed by atoms with Gasteiger partial charge in [-0.15, -0.1) is 0 Å². The third-order valence-electron chi connectivity index (χ3n) is 2.61. The van der Waals surface area contributed by atoms with Crippen LogP contribution in [0.3, 0.4) is 0 Å². The molecule has 0 radical (unpaired) electrons. The number of aromatic carboxylic acids is 1. The normalized spacial score (nSPS) is 10.2. The number of hydrogen-bond acceptors (Lipinski definition) is 2.